The number of ether oxygens (including phenoxy) is 2. The van der Waals surface area contributed by atoms with E-state index in [9.17, 15) is 14.4 Å². The summed E-state index contributed by atoms with van der Waals surface area (Å²) in [6.07, 6.45) is 3.81. The summed E-state index contributed by atoms with van der Waals surface area (Å²) >= 11 is 3.42. The van der Waals surface area contributed by atoms with Crippen LogP contribution in [0.15, 0.2) is 77.4 Å². The van der Waals surface area contributed by atoms with Gasteiger partial charge in [-0.1, -0.05) is 52.3 Å². The summed E-state index contributed by atoms with van der Waals surface area (Å²) in [5.74, 6) is -1.31. The molecule has 7 nitrogen and oxygen atoms in total. The van der Waals surface area contributed by atoms with Crippen LogP contribution in [0.5, 0.6) is 11.5 Å². The van der Waals surface area contributed by atoms with Crippen LogP contribution in [0.25, 0.3) is 6.08 Å². The zero-order valence-electron chi connectivity index (χ0n) is 19.5. The molecular formula is C29H21BrN2O5. The number of carbonyl (C=O) groups is 3. The van der Waals surface area contributed by atoms with Gasteiger partial charge in [0.2, 0.25) is 11.8 Å². The van der Waals surface area contributed by atoms with Crippen LogP contribution in [0, 0.1) is 11.8 Å². The van der Waals surface area contributed by atoms with Gasteiger partial charge in [-0.05, 0) is 41.5 Å². The number of benzene rings is 3. The molecule has 2 amide bonds. The molecule has 2 fully saturated rings. The Bertz CT molecular complexity index is 1500. The number of ketones is 1. The molecule has 37 heavy (non-hydrogen) atoms. The molecule has 0 radical (unpaired) electrons. The molecule has 0 N–H and O–H groups in total. The Morgan fingerprint density at radius 1 is 0.865 bits per heavy atom. The minimum absolute atomic E-state index is 0.181. The van der Waals surface area contributed by atoms with Gasteiger partial charge < -0.3 is 14.4 Å². The van der Waals surface area contributed by atoms with Crippen molar-refractivity contribution in [3.63, 3.8) is 0 Å². The van der Waals surface area contributed by atoms with Gasteiger partial charge in [0.15, 0.2) is 17.3 Å². The van der Waals surface area contributed by atoms with E-state index in [0.717, 1.165) is 15.6 Å². The van der Waals surface area contributed by atoms with E-state index in [-0.39, 0.29) is 17.6 Å². The lowest BCUT2D eigenvalue weighted by Crippen LogP contribution is -2.44. The Balaban J connectivity index is 1.35. The fourth-order valence-corrected chi connectivity index (χ4v) is 6.33. The number of anilines is 1. The van der Waals surface area contributed by atoms with Crippen molar-refractivity contribution in [2.24, 2.45) is 11.8 Å². The third kappa shape index (κ3) is 3.28. The lowest BCUT2D eigenvalue weighted by molar-refractivity contribution is -0.123. The number of fused-ring (bicyclic) bond motifs is 6. The van der Waals surface area contributed by atoms with E-state index in [1.54, 1.807) is 30.3 Å². The Kier molecular flexibility index (Phi) is 5.01. The van der Waals surface area contributed by atoms with Crippen LogP contribution < -0.4 is 14.4 Å². The minimum Gasteiger partial charge on any atom is -0.486 e. The summed E-state index contributed by atoms with van der Waals surface area (Å²) in [5, 5.41) is 0. The molecule has 8 heteroatoms. The number of hydrogen-bond acceptors (Lipinski definition) is 6. The number of hydrogen-bond donors (Lipinski definition) is 0. The first-order valence-electron chi connectivity index (χ1n) is 12.1. The second-order valence-corrected chi connectivity index (χ2v) is 10.5. The molecule has 0 bridgehead atoms. The van der Waals surface area contributed by atoms with Gasteiger partial charge in [0, 0.05) is 22.3 Å². The number of Topliss-reactive ketones (excluding diaryl/α,β-unsaturated/α-hetero) is 1. The molecule has 4 heterocycles. The first kappa shape index (κ1) is 22.3. The molecule has 0 aliphatic carbocycles. The molecule has 0 spiro atoms. The fraction of sp³-hybridized carbons (Fsp3) is 0.207. The second kappa shape index (κ2) is 8.31. The standard InChI is InChI=1S/C29H21BrN2O5/c30-18-7-5-17(6-8-18)27(33)26-24-23(25-20-4-2-1-3-16(20)11-12-31(25)26)28(34)32(29(24)35)19-9-10-21-22(15-19)37-14-13-36-21/h1-12,15,23-26H,13-14H2/t23-,24-,25-,26+/m1/s1. The van der Waals surface area contributed by atoms with Crippen molar-refractivity contribution in [3.8, 4) is 11.5 Å². The largest absolute Gasteiger partial charge is 0.486 e. The van der Waals surface area contributed by atoms with Crippen molar-refractivity contribution in [2.75, 3.05) is 18.1 Å². The molecule has 0 aromatic heterocycles. The van der Waals surface area contributed by atoms with E-state index >= 15 is 0 Å². The average Bonchev–Trinajstić information content (AvgIpc) is 3.40. The third-order valence-electron chi connectivity index (χ3n) is 7.64. The fourth-order valence-electron chi connectivity index (χ4n) is 6.07. The molecule has 4 atom stereocenters. The van der Waals surface area contributed by atoms with E-state index in [1.165, 1.54) is 4.90 Å². The zero-order chi connectivity index (χ0) is 25.3. The SMILES string of the molecule is O=C(c1ccc(Br)cc1)[C@@H]1[C@@H]2C(=O)N(c3ccc4c(c3)OCCO4)C(=O)[C@H]2[C@H]2c3ccccc3C=CN12. The molecule has 4 aliphatic rings. The average molecular weight is 557 g/mol. The maximum absolute atomic E-state index is 14.0. The molecular weight excluding hydrogens is 536 g/mol. The molecule has 0 unspecified atom stereocenters. The first-order valence-corrected chi connectivity index (χ1v) is 12.9. The monoisotopic (exact) mass is 556 g/mol. The van der Waals surface area contributed by atoms with Crippen LogP contribution in [0.1, 0.15) is 27.5 Å². The summed E-state index contributed by atoms with van der Waals surface area (Å²) in [7, 11) is 0. The van der Waals surface area contributed by atoms with E-state index in [2.05, 4.69) is 15.9 Å². The quantitative estimate of drug-likeness (QED) is 0.346. The summed E-state index contributed by atoms with van der Waals surface area (Å²) in [6, 6.07) is 18.8. The highest BCUT2D eigenvalue weighted by molar-refractivity contribution is 9.10. The zero-order valence-corrected chi connectivity index (χ0v) is 21.1. The van der Waals surface area contributed by atoms with Gasteiger partial charge in [-0.3, -0.25) is 14.4 Å². The van der Waals surface area contributed by atoms with Crippen LogP contribution in [-0.2, 0) is 9.59 Å². The highest BCUT2D eigenvalue weighted by Crippen LogP contribution is 2.54. The Morgan fingerprint density at radius 3 is 2.41 bits per heavy atom. The van der Waals surface area contributed by atoms with Crippen LogP contribution >= 0.6 is 15.9 Å². The highest BCUT2D eigenvalue weighted by Gasteiger charge is 2.64. The predicted molar refractivity (Wildman–Crippen MR) is 139 cm³/mol. The lowest BCUT2D eigenvalue weighted by Gasteiger charge is -2.35. The van der Waals surface area contributed by atoms with Gasteiger partial charge in [0.1, 0.15) is 19.3 Å². The third-order valence-corrected chi connectivity index (χ3v) is 8.17. The Morgan fingerprint density at radius 2 is 1.59 bits per heavy atom. The van der Waals surface area contributed by atoms with Crippen molar-refractivity contribution < 1.29 is 23.9 Å². The van der Waals surface area contributed by atoms with Crippen molar-refractivity contribution in [2.45, 2.75) is 12.1 Å². The summed E-state index contributed by atoms with van der Waals surface area (Å²) in [5.41, 5.74) is 2.85. The van der Waals surface area contributed by atoms with Crippen LogP contribution in [0.4, 0.5) is 5.69 Å². The maximum atomic E-state index is 14.0. The molecule has 0 saturated carbocycles. The van der Waals surface area contributed by atoms with Crippen LogP contribution in [0.3, 0.4) is 0 Å². The summed E-state index contributed by atoms with van der Waals surface area (Å²) < 4.78 is 12.2. The summed E-state index contributed by atoms with van der Waals surface area (Å²) in [6.45, 7) is 0.843. The van der Waals surface area contributed by atoms with Crippen molar-refractivity contribution in [1.82, 2.24) is 4.90 Å². The van der Waals surface area contributed by atoms with Gasteiger partial charge in [-0.2, -0.15) is 0 Å². The van der Waals surface area contributed by atoms with E-state index in [0.29, 0.717) is 36.0 Å². The van der Waals surface area contributed by atoms with Gasteiger partial charge >= 0.3 is 0 Å². The highest BCUT2D eigenvalue weighted by atomic mass is 79.9. The van der Waals surface area contributed by atoms with E-state index < -0.39 is 23.9 Å². The Labute approximate surface area is 221 Å². The summed E-state index contributed by atoms with van der Waals surface area (Å²) in [4.78, 5) is 45.2. The van der Waals surface area contributed by atoms with E-state index in [4.69, 9.17) is 9.47 Å². The topological polar surface area (TPSA) is 76.1 Å². The van der Waals surface area contributed by atoms with Gasteiger partial charge in [0.05, 0.1) is 23.6 Å². The number of rotatable bonds is 3. The molecule has 7 rings (SSSR count). The van der Waals surface area contributed by atoms with Crippen molar-refractivity contribution >= 4 is 45.3 Å². The Hall–Kier alpha value is -3.91. The van der Waals surface area contributed by atoms with Gasteiger partial charge in [-0.25, -0.2) is 4.90 Å². The molecule has 4 aliphatic heterocycles. The lowest BCUT2D eigenvalue weighted by atomic mass is 9.83. The predicted octanol–water partition coefficient (Wildman–Crippen LogP) is 4.62. The minimum atomic E-state index is -0.822. The number of imide groups is 1. The van der Waals surface area contributed by atoms with Gasteiger partial charge in [-0.15, -0.1) is 0 Å². The van der Waals surface area contributed by atoms with Gasteiger partial charge in [0.25, 0.3) is 0 Å². The van der Waals surface area contributed by atoms with Crippen molar-refractivity contribution in [1.29, 1.82) is 0 Å². The van der Waals surface area contributed by atoms with Crippen LogP contribution in [-0.4, -0.2) is 41.8 Å². The molecule has 2 saturated heterocycles. The van der Waals surface area contributed by atoms with Crippen LogP contribution in [0.2, 0.25) is 0 Å². The normalized spacial score (nSPS) is 25.1. The number of nitrogens with zero attached hydrogens (tertiary/aromatic N) is 2. The smallest absolute Gasteiger partial charge is 0.240 e. The molecule has 3 aromatic rings. The first-order chi connectivity index (χ1) is 18.0. The number of halogens is 1. The number of carbonyl (C=O) groups excluding carboxylic acids is 3. The maximum Gasteiger partial charge on any atom is 0.240 e. The van der Waals surface area contributed by atoms with Crippen molar-refractivity contribution in [3.05, 3.63) is 94.1 Å². The molecule has 184 valence electrons. The molecule has 3 aromatic carbocycles. The van der Waals surface area contributed by atoms with E-state index in [1.807, 2.05) is 53.6 Å². The number of amides is 2. The second-order valence-electron chi connectivity index (χ2n) is 9.54.